The molecule has 0 unspecified atom stereocenters. The van der Waals surface area contributed by atoms with Gasteiger partial charge in [0.05, 0.1) is 5.56 Å². The summed E-state index contributed by atoms with van der Waals surface area (Å²) in [4.78, 5) is 19.3. The largest absolute Gasteiger partial charge is 0.357 e. The molecule has 1 aliphatic heterocycles. The predicted molar refractivity (Wildman–Crippen MR) is 102 cm³/mol. The summed E-state index contributed by atoms with van der Waals surface area (Å²) < 4.78 is 0. The van der Waals surface area contributed by atoms with Gasteiger partial charge in [-0.15, -0.1) is 0 Å². The van der Waals surface area contributed by atoms with Crippen molar-refractivity contribution in [2.45, 2.75) is 25.7 Å². The maximum atomic E-state index is 10.7. The SMILES string of the molecule is CN(C)C.CNCCCC1CCN(c2ccc(C=O)c(Cl)n2)CC1. The van der Waals surface area contributed by atoms with Crippen LogP contribution in [0.5, 0.6) is 0 Å². The number of hydrogen-bond donors (Lipinski definition) is 1. The van der Waals surface area contributed by atoms with Crippen molar-refractivity contribution >= 4 is 23.7 Å². The Bertz CT molecular complexity index is 485. The van der Waals surface area contributed by atoms with Gasteiger partial charge in [0.25, 0.3) is 0 Å². The van der Waals surface area contributed by atoms with E-state index in [0.717, 1.165) is 37.7 Å². The van der Waals surface area contributed by atoms with E-state index in [2.05, 4.69) is 15.2 Å². The van der Waals surface area contributed by atoms with Crippen molar-refractivity contribution < 1.29 is 4.79 Å². The lowest BCUT2D eigenvalue weighted by Crippen LogP contribution is -2.34. The van der Waals surface area contributed by atoms with Gasteiger partial charge in [-0.05, 0) is 78.5 Å². The first-order valence-electron chi connectivity index (χ1n) is 8.60. The van der Waals surface area contributed by atoms with Gasteiger partial charge in [-0.1, -0.05) is 11.6 Å². The molecule has 2 rings (SSSR count). The van der Waals surface area contributed by atoms with E-state index in [0.29, 0.717) is 10.7 Å². The van der Waals surface area contributed by atoms with E-state index in [9.17, 15) is 4.79 Å². The number of carbonyl (C=O) groups is 1. The van der Waals surface area contributed by atoms with Crippen LogP contribution in [0.4, 0.5) is 5.82 Å². The first-order valence-corrected chi connectivity index (χ1v) is 8.98. The number of piperidine rings is 1. The summed E-state index contributed by atoms with van der Waals surface area (Å²) >= 11 is 5.99. The summed E-state index contributed by atoms with van der Waals surface area (Å²) in [6.45, 7) is 3.15. The Balaban J connectivity index is 0.000000648. The average molecular weight is 355 g/mol. The molecule has 1 aromatic rings. The van der Waals surface area contributed by atoms with Crippen molar-refractivity contribution in [3.8, 4) is 0 Å². The van der Waals surface area contributed by atoms with E-state index >= 15 is 0 Å². The monoisotopic (exact) mass is 354 g/mol. The molecule has 0 bridgehead atoms. The lowest BCUT2D eigenvalue weighted by atomic mass is 9.92. The van der Waals surface area contributed by atoms with Gasteiger partial charge in [-0.2, -0.15) is 0 Å². The first kappa shape index (κ1) is 20.9. The minimum Gasteiger partial charge on any atom is -0.357 e. The quantitative estimate of drug-likeness (QED) is 0.483. The summed E-state index contributed by atoms with van der Waals surface area (Å²) in [7, 11) is 8.00. The summed E-state index contributed by atoms with van der Waals surface area (Å²) in [5.74, 6) is 1.71. The molecule has 0 spiro atoms. The molecule has 136 valence electrons. The van der Waals surface area contributed by atoms with Crippen molar-refractivity contribution in [2.75, 3.05) is 52.7 Å². The second kappa shape index (κ2) is 11.4. The second-order valence-electron chi connectivity index (χ2n) is 6.69. The van der Waals surface area contributed by atoms with Gasteiger partial charge < -0.3 is 15.1 Å². The number of rotatable bonds is 6. The van der Waals surface area contributed by atoms with Gasteiger partial charge in [0, 0.05) is 13.1 Å². The Hall–Kier alpha value is -1.17. The molecule has 5 nitrogen and oxygen atoms in total. The van der Waals surface area contributed by atoms with E-state index in [-0.39, 0.29) is 0 Å². The zero-order valence-electron chi connectivity index (χ0n) is 15.4. The minimum absolute atomic E-state index is 0.300. The van der Waals surface area contributed by atoms with Crippen LogP contribution in [0.1, 0.15) is 36.0 Å². The van der Waals surface area contributed by atoms with Crippen LogP contribution in [0.15, 0.2) is 12.1 Å². The molecule has 1 N–H and O–H groups in total. The summed E-state index contributed by atoms with van der Waals surface area (Å²) in [6, 6.07) is 3.63. The molecule has 24 heavy (non-hydrogen) atoms. The van der Waals surface area contributed by atoms with Crippen molar-refractivity contribution in [3.05, 3.63) is 22.8 Å². The number of halogens is 1. The molecule has 2 heterocycles. The fourth-order valence-electron chi connectivity index (χ4n) is 2.72. The number of pyridine rings is 1. The highest BCUT2D eigenvalue weighted by atomic mass is 35.5. The van der Waals surface area contributed by atoms with E-state index < -0.39 is 0 Å². The highest BCUT2D eigenvalue weighted by Gasteiger charge is 2.20. The maximum Gasteiger partial charge on any atom is 0.153 e. The van der Waals surface area contributed by atoms with Crippen LogP contribution in [-0.2, 0) is 0 Å². The van der Waals surface area contributed by atoms with E-state index in [1.807, 2.05) is 39.2 Å². The van der Waals surface area contributed by atoms with Crippen LogP contribution in [-0.4, -0.2) is 64.0 Å². The number of hydrogen-bond acceptors (Lipinski definition) is 5. The van der Waals surface area contributed by atoms with Crippen LogP contribution in [0.25, 0.3) is 0 Å². The summed E-state index contributed by atoms with van der Waals surface area (Å²) in [6.07, 6.45) is 5.70. The fraction of sp³-hybridized carbons (Fsp3) is 0.667. The Morgan fingerprint density at radius 2 is 1.96 bits per heavy atom. The van der Waals surface area contributed by atoms with Gasteiger partial charge in [-0.3, -0.25) is 4.79 Å². The number of anilines is 1. The minimum atomic E-state index is 0.300. The smallest absolute Gasteiger partial charge is 0.153 e. The standard InChI is InChI=1S/C15H22ClN3O.C3H9N/c1-17-8-2-3-12-6-9-19(10-7-12)14-5-4-13(11-20)15(16)18-14;1-4(2)3/h4-5,11-12,17H,2-3,6-10H2,1H3;1-3H3. The first-order chi connectivity index (χ1) is 11.5. The third-order valence-electron chi connectivity index (χ3n) is 3.97. The average Bonchev–Trinajstić information content (AvgIpc) is 2.55. The number of carbonyl (C=O) groups excluding carboxylic acids is 1. The van der Waals surface area contributed by atoms with Gasteiger partial charge in [0.2, 0.25) is 0 Å². The molecule has 0 radical (unpaired) electrons. The summed E-state index contributed by atoms with van der Waals surface area (Å²) in [5.41, 5.74) is 0.456. The maximum absolute atomic E-state index is 10.7. The molecular weight excluding hydrogens is 324 g/mol. The number of nitrogens with one attached hydrogen (secondary N) is 1. The molecule has 1 saturated heterocycles. The van der Waals surface area contributed by atoms with Crippen LogP contribution in [0.3, 0.4) is 0 Å². The molecule has 0 aliphatic carbocycles. The topological polar surface area (TPSA) is 48.5 Å². The second-order valence-corrected chi connectivity index (χ2v) is 7.04. The van der Waals surface area contributed by atoms with Crippen molar-refractivity contribution in [1.82, 2.24) is 15.2 Å². The van der Waals surface area contributed by atoms with E-state index in [1.165, 1.54) is 25.7 Å². The Labute approximate surface area is 151 Å². The molecule has 1 fully saturated rings. The Morgan fingerprint density at radius 3 is 2.46 bits per heavy atom. The van der Waals surface area contributed by atoms with Gasteiger partial charge >= 0.3 is 0 Å². The van der Waals surface area contributed by atoms with Gasteiger partial charge in [0.1, 0.15) is 11.0 Å². The van der Waals surface area contributed by atoms with E-state index in [4.69, 9.17) is 11.6 Å². The highest BCUT2D eigenvalue weighted by molar-refractivity contribution is 6.31. The molecule has 0 atom stereocenters. The van der Waals surface area contributed by atoms with Crippen LogP contribution in [0, 0.1) is 5.92 Å². The highest BCUT2D eigenvalue weighted by Crippen LogP contribution is 2.26. The van der Waals surface area contributed by atoms with Crippen molar-refractivity contribution in [1.29, 1.82) is 0 Å². The Kier molecular flexibility index (Phi) is 9.91. The molecule has 0 saturated carbocycles. The summed E-state index contributed by atoms with van der Waals surface area (Å²) in [5, 5.41) is 3.50. The predicted octanol–water partition coefficient (Wildman–Crippen LogP) is 2.94. The van der Waals surface area contributed by atoms with Crippen LogP contribution in [0.2, 0.25) is 5.15 Å². The molecule has 0 aromatic carbocycles. The van der Waals surface area contributed by atoms with Crippen LogP contribution >= 0.6 is 11.6 Å². The van der Waals surface area contributed by atoms with Gasteiger partial charge in [0.15, 0.2) is 6.29 Å². The molecule has 1 aromatic heterocycles. The molecular formula is C18H31ClN4O. The number of nitrogens with zero attached hydrogens (tertiary/aromatic N) is 3. The zero-order chi connectivity index (χ0) is 17.9. The molecule has 0 amide bonds. The Morgan fingerprint density at radius 1 is 1.33 bits per heavy atom. The lowest BCUT2D eigenvalue weighted by molar-refractivity contribution is 0.112. The number of aromatic nitrogens is 1. The van der Waals surface area contributed by atoms with E-state index in [1.54, 1.807) is 6.07 Å². The fourth-order valence-corrected chi connectivity index (χ4v) is 2.91. The zero-order valence-corrected chi connectivity index (χ0v) is 16.1. The normalized spacial score (nSPS) is 15.2. The molecule has 6 heteroatoms. The van der Waals surface area contributed by atoms with Crippen LogP contribution < -0.4 is 10.2 Å². The molecule has 1 aliphatic rings. The third kappa shape index (κ3) is 7.60. The van der Waals surface area contributed by atoms with Crippen molar-refractivity contribution in [2.24, 2.45) is 5.92 Å². The lowest BCUT2D eigenvalue weighted by Gasteiger charge is -2.33. The third-order valence-corrected chi connectivity index (χ3v) is 4.27. The van der Waals surface area contributed by atoms with Gasteiger partial charge in [-0.25, -0.2) is 4.98 Å². The van der Waals surface area contributed by atoms with Crippen molar-refractivity contribution in [3.63, 3.8) is 0 Å². The number of aldehydes is 1.